The summed E-state index contributed by atoms with van der Waals surface area (Å²) in [7, 11) is 2.99. The number of nitriles is 1. The minimum absolute atomic E-state index is 0.0248. The maximum absolute atomic E-state index is 14.7. The smallest absolute Gasteiger partial charge is 0.331 e. The monoisotopic (exact) mass is 756 g/mol. The molecule has 0 aromatic heterocycles. The van der Waals surface area contributed by atoms with Crippen LogP contribution in [0.1, 0.15) is 68.8 Å². The van der Waals surface area contributed by atoms with E-state index in [-0.39, 0.29) is 42.4 Å². The van der Waals surface area contributed by atoms with E-state index >= 15 is 0 Å². The first kappa shape index (κ1) is 34.9. The lowest BCUT2D eigenvalue weighted by Crippen LogP contribution is -2.69. The molecule has 1 unspecified atom stereocenters. The average molecular weight is 757 g/mol. The second-order valence-electron chi connectivity index (χ2n) is 14.7. The van der Waals surface area contributed by atoms with Crippen molar-refractivity contribution in [3.63, 3.8) is 0 Å². The molecule has 0 saturated carbocycles. The zero-order chi connectivity index (χ0) is 37.8. The molecule has 7 aliphatic rings. The molecule has 3 aromatic rings. The Balaban J connectivity index is 1.32. The molecule has 0 aliphatic carbocycles. The number of carbonyl (C=O) groups is 2. The number of benzene rings is 3. The summed E-state index contributed by atoms with van der Waals surface area (Å²) in [5.41, 5.74) is 4.33. The number of ether oxygens (including phenoxy) is 6. The molecule has 1 spiro atoms. The summed E-state index contributed by atoms with van der Waals surface area (Å²) in [5, 5.41) is 40.3. The second kappa shape index (κ2) is 12.6. The van der Waals surface area contributed by atoms with Crippen molar-refractivity contribution in [2.75, 3.05) is 39.9 Å². The molecule has 282 valence electrons. The molecule has 15 heteroatoms. The van der Waals surface area contributed by atoms with Gasteiger partial charge in [0.15, 0.2) is 40.0 Å². The zero-order valence-electron chi connectivity index (χ0n) is 30.4. The van der Waals surface area contributed by atoms with Crippen molar-refractivity contribution in [1.29, 1.82) is 5.26 Å². The van der Waals surface area contributed by atoms with E-state index in [0.717, 1.165) is 16.7 Å². The number of hydrogen-bond acceptors (Lipinski definition) is 15. The highest BCUT2D eigenvalue weighted by molar-refractivity contribution is 7.99. The van der Waals surface area contributed by atoms with Gasteiger partial charge in [0.25, 0.3) is 0 Å². The summed E-state index contributed by atoms with van der Waals surface area (Å²) in [4.78, 5) is 29.7. The van der Waals surface area contributed by atoms with E-state index < -0.39 is 46.9 Å². The number of thioether (sulfide) groups is 1. The standard InChI is InChI=1S/C39H40N4O10S/c1-16-8-20-9-22-23(12-40)43-24-13-50-38(47)39(21-11-26(48-4)25(45)10-19(21)6-7-41-39)14-54-37(31(43)30(42-22)27(20)32(46)33(16)49-5)29-28(24)36-35(51-15-52-36)17(2)34(29)53-18(3)44/h8,10-11,22-24,30-31,37,41-42,45-46H,6-7,9,13-15H2,1-5H3/t22-,23-,24-,30+,31?,37+,39+/m0/s1. The van der Waals surface area contributed by atoms with Gasteiger partial charge in [-0.15, -0.1) is 11.8 Å². The van der Waals surface area contributed by atoms with Gasteiger partial charge in [0, 0.05) is 53.6 Å². The number of carbonyl (C=O) groups excluding carboxylic acids is 2. The third kappa shape index (κ3) is 4.76. The molecule has 3 aromatic carbocycles. The average Bonchev–Trinajstić information content (AvgIpc) is 3.64. The first-order chi connectivity index (χ1) is 26.0. The Morgan fingerprint density at radius 1 is 1.06 bits per heavy atom. The number of nitrogens with one attached hydrogen (secondary N) is 2. The molecule has 14 nitrogen and oxygen atoms in total. The third-order valence-electron chi connectivity index (χ3n) is 11.9. The number of aromatic hydroxyl groups is 2. The normalized spacial score (nSPS) is 28.9. The van der Waals surface area contributed by atoms with Crippen molar-refractivity contribution in [1.82, 2.24) is 15.5 Å². The number of methoxy groups -OCH3 is 2. The van der Waals surface area contributed by atoms with Crippen LogP contribution >= 0.6 is 11.8 Å². The Labute approximate surface area is 315 Å². The van der Waals surface area contributed by atoms with E-state index in [1.807, 2.05) is 19.9 Å². The van der Waals surface area contributed by atoms with Gasteiger partial charge in [0.05, 0.1) is 37.6 Å². The van der Waals surface area contributed by atoms with Crippen LogP contribution in [0.3, 0.4) is 0 Å². The summed E-state index contributed by atoms with van der Waals surface area (Å²) in [6.45, 7) is 5.25. The Morgan fingerprint density at radius 3 is 2.59 bits per heavy atom. The van der Waals surface area contributed by atoms with Crippen molar-refractivity contribution in [3.05, 3.63) is 62.7 Å². The fourth-order valence-electron chi connectivity index (χ4n) is 9.79. The molecule has 2 saturated heterocycles. The quantitative estimate of drug-likeness (QED) is 0.225. The molecule has 2 fully saturated rings. The predicted octanol–water partition coefficient (Wildman–Crippen LogP) is 3.64. The number of rotatable bonds is 3. The van der Waals surface area contributed by atoms with E-state index in [0.29, 0.717) is 70.2 Å². The topological polar surface area (TPSA) is 181 Å². The summed E-state index contributed by atoms with van der Waals surface area (Å²) in [6.07, 6.45) is 1.03. The Hall–Kier alpha value is -4.88. The summed E-state index contributed by atoms with van der Waals surface area (Å²) >= 11 is 1.46. The number of phenolic OH excluding ortho intramolecular Hbond substituents is 2. The maximum atomic E-state index is 14.7. The SMILES string of the molecule is COc1cc2c(cc1O)CCN[C@]21CS[C@@H]2c3c(OC(C)=O)c(C)c4c(c3[C@H](COC1=O)N1C2[C@@H]2N[C@@H](Cc3cc(C)c(OC)c(O)c32)[C@@H]1C#N)OCO4. The fraction of sp³-hybridized carbons (Fsp3) is 0.462. The van der Waals surface area contributed by atoms with Crippen LogP contribution in [0.15, 0.2) is 18.2 Å². The zero-order valence-corrected chi connectivity index (χ0v) is 31.2. The molecule has 10 rings (SSSR count). The van der Waals surface area contributed by atoms with Gasteiger partial charge in [-0.25, -0.2) is 4.79 Å². The van der Waals surface area contributed by atoms with E-state index in [9.17, 15) is 25.1 Å². The van der Waals surface area contributed by atoms with Crippen LogP contribution in [0, 0.1) is 25.2 Å². The summed E-state index contributed by atoms with van der Waals surface area (Å²) in [6, 6.07) is 5.06. The number of fused-ring (bicyclic) bond motifs is 9. The maximum Gasteiger partial charge on any atom is 0.331 e. The van der Waals surface area contributed by atoms with E-state index in [2.05, 4.69) is 21.6 Å². The van der Waals surface area contributed by atoms with Crippen molar-refractivity contribution in [2.45, 2.75) is 74.6 Å². The van der Waals surface area contributed by atoms with Crippen molar-refractivity contribution >= 4 is 23.7 Å². The van der Waals surface area contributed by atoms with Crippen LogP contribution < -0.4 is 34.3 Å². The van der Waals surface area contributed by atoms with Crippen LogP contribution in [-0.2, 0) is 32.7 Å². The molecule has 0 amide bonds. The Bertz CT molecular complexity index is 2190. The van der Waals surface area contributed by atoms with E-state index in [4.69, 9.17) is 28.4 Å². The number of phenols is 2. The molecular formula is C39H40N4O10S. The molecule has 4 N–H and O–H groups in total. The minimum atomic E-state index is -1.36. The number of aryl methyl sites for hydroxylation is 1. The molecular weight excluding hydrogens is 717 g/mol. The highest BCUT2D eigenvalue weighted by atomic mass is 32.2. The van der Waals surface area contributed by atoms with Gasteiger partial charge in [-0.3, -0.25) is 15.0 Å². The highest BCUT2D eigenvalue weighted by Crippen LogP contribution is 2.63. The molecule has 4 bridgehead atoms. The number of hydrogen-bond donors (Lipinski definition) is 4. The minimum Gasteiger partial charge on any atom is -0.504 e. The molecule has 7 aliphatic heterocycles. The van der Waals surface area contributed by atoms with Gasteiger partial charge in [0.2, 0.25) is 6.79 Å². The largest absolute Gasteiger partial charge is 0.504 e. The van der Waals surface area contributed by atoms with Gasteiger partial charge in [-0.1, -0.05) is 6.07 Å². The fourth-order valence-corrected chi connectivity index (χ4v) is 11.5. The number of piperazine rings is 1. The van der Waals surface area contributed by atoms with Crippen molar-refractivity contribution < 1.29 is 48.2 Å². The Morgan fingerprint density at radius 2 is 1.85 bits per heavy atom. The molecule has 7 heterocycles. The predicted molar refractivity (Wildman–Crippen MR) is 193 cm³/mol. The first-order valence-corrected chi connectivity index (χ1v) is 19.0. The highest BCUT2D eigenvalue weighted by Gasteiger charge is 2.60. The van der Waals surface area contributed by atoms with Crippen LogP contribution in [0.2, 0.25) is 0 Å². The molecule has 54 heavy (non-hydrogen) atoms. The van der Waals surface area contributed by atoms with Crippen LogP contribution in [0.4, 0.5) is 0 Å². The number of esters is 2. The lowest BCUT2D eigenvalue weighted by Gasteiger charge is -2.59. The van der Waals surface area contributed by atoms with Gasteiger partial charge in [0.1, 0.15) is 18.4 Å². The van der Waals surface area contributed by atoms with Gasteiger partial charge in [-0.2, -0.15) is 5.26 Å². The third-order valence-corrected chi connectivity index (χ3v) is 13.4. The van der Waals surface area contributed by atoms with Gasteiger partial charge >= 0.3 is 11.9 Å². The lowest BCUT2D eigenvalue weighted by atomic mass is 9.72. The lowest BCUT2D eigenvalue weighted by molar-refractivity contribution is -0.155. The van der Waals surface area contributed by atoms with E-state index in [1.165, 1.54) is 32.9 Å². The van der Waals surface area contributed by atoms with Crippen molar-refractivity contribution in [2.24, 2.45) is 0 Å². The summed E-state index contributed by atoms with van der Waals surface area (Å²) in [5.74, 6) is 0.913. The van der Waals surface area contributed by atoms with Gasteiger partial charge in [-0.05, 0) is 61.1 Å². The Kier molecular flexibility index (Phi) is 8.13. The van der Waals surface area contributed by atoms with Crippen LogP contribution in [0.25, 0.3) is 0 Å². The second-order valence-corrected chi connectivity index (χ2v) is 15.8. The van der Waals surface area contributed by atoms with Crippen LogP contribution in [-0.4, -0.2) is 85.1 Å². The van der Waals surface area contributed by atoms with Gasteiger partial charge < -0.3 is 44.0 Å². The molecule has 7 atom stereocenters. The van der Waals surface area contributed by atoms with Crippen molar-refractivity contribution in [3.8, 4) is 46.3 Å². The van der Waals surface area contributed by atoms with E-state index in [1.54, 1.807) is 12.1 Å². The number of nitrogens with zero attached hydrogens (tertiary/aromatic N) is 2. The van der Waals surface area contributed by atoms with Crippen LogP contribution in [0.5, 0.6) is 40.2 Å². The molecule has 0 radical (unpaired) electrons. The summed E-state index contributed by atoms with van der Waals surface area (Å²) < 4.78 is 35.9. The first-order valence-electron chi connectivity index (χ1n) is 17.9.